The van der Waals surface area contributed by atoms with Crippen LogP contribution < -0.4 is 10.9 Å². The van der Waals surface area contributed by atoms with Crippen LogP contribution in [-0.2, 0) is 11.3 Å². The molecule has 0 spiro atoms. The van der Waals surface area contributed by atoms with E-state index < -0.39 is 11.5 Å². The minimum Gasteiger partial charge on any atom is -0.462 e. The number of ether oxygens (including phenoxy) is 1. The van der Waals surface area contributed by atoms with Gasteiger partial charge in [-0.3, -0.25) is 4.79 Å². The van der Waals surface area contributed by atoms with Gasteiger partial charge in [0.2, 0.25) is 0 Å². The van der Waals surface area contributed by atoms with Crippen LogP contribution >= 0.6 is 11.6 Å². The first-order valence-electron chi connectivity index (χ1n) is 10.8. The van der Waals surface area contributed by atoms with Crippen LogP contribution in [0, 0.1) is 0 Å². The highest BCUT2D eigenvalue weighted by molar-refractivity contribution is 6.20. The molecule has 8 heteroatoms. The summed E-state index contributed by atoms with van der Waals surface area (Å²) in [6.07, 6.45) is 1.63. The molecular weight excluding hydrogens is 440 g/mol. The standard InChI is InChI=1S/C25H25ClN4O3/c1-3-33-25(32)21-22(28-16(2)17-10-6-4-7-11-17)19-14-27-30(23(19)29-24(21)31)15-20(26)18-12-8-5-9-13-18/h4-14,16,20H,3,15H2,1-2H3,(H2,28,29,31). The zero-order chi connectivity index (χ0) is 23.4. The number of rotatable bonds is 8. The molecule has 4 aromatic rings. The second kappa shape index (κ2) is 9.92. The normalized spacial score (nSPS) is 12.9. The third kappa shape index (κ3) is 4.78. The number of nitrogens with one attached hydrogen (secondary N) is 2. The van der Waals surface area contributed by atoms with Crippen LogP contribution in [0.1, 0.15) is 46.8 Å². The number of alkyl halides is 1. The predicted molar refractivity (Wildman–Crippen MR) is 130 cm³/mol. The molecule has 170 valence electrons. The Bertz CT molecular complexity index is 1300. The van der Waals surface area contributed by atoms with Crippen LogP contribution in [0.3, 0.4) is 0 Å². The van der Waals surface area contributed by atoms with Crippen molar-refractivity contribution in [1.82, 2.24) is 14.8 Å². The molecule has 2 atom stereocenters. The van der Waals surface area contributed by atoms with Gasteiger partial charge in [0.25, 0.3) is 5.56 Å². The first kappa shape index (κ1) is 22.6. The Kier molecular flexibility index (Phi) is 6.79. The van der Waals surface area contributed by atoms with Crippen LogP contribution in [-0.4, -0.2) is 27.3 Å². The van der Waals surface area contributed by atoms with Crippen molar-refractivity contribution in [3.63, 3.8) is 0 Å². The summed E-state index contributed by atoms with van der Waals surface area (Å²) >= 11 is 6.62. The smallest absolute Gasteiger partial charge is 0.345 e. The molecule has 2 aromatic carbocycles. The fourth-order valence-corrected chi connectivity index (χ4v) is 4.04. The quantitative estimate of drug-likeness (QED) is 0.281. The molecule has 7 nitrogen and oxygen atoms in total. The molecule has 0 saturated carbocycles. The molecule has 0 bridgehead atoms. The van der Waals surface area contributed by atoms with E-state index in [1.165, 1.54) is 0 Å². The van der Waals surface area contributed by atoms with E-state index in [1.807, 2.05) is 67.6 Å². The topological polar surface area (TPSA) is 89.0 Å². The lowest BCUT2D eigenvalue weighted by molar-refractivity contribution is 0.0525. The number of aromatic nitrogens is 3. The Morgan fingerprint density at radius 1 is 1.12 bits per heavy atom. The number of esters is 1. The van der Waals surface area contributed by atoms with Gasteiger partial charge in [-0.15, -0.1) is 11.6 Å². The average Bonchev–Trinajstić information content (AvgIpc) is 3.22. The molecule has 4 rings (SSSR count). The minimum absolute atomic E-state index is 0.0721. The molecule has 2 unspecified atom stereocenters. The first-order valence-corrected chi connectivity index (χ1v) is 11.2. The van der Waals surface area contributed by atoms with Gasteiger partial charge in [-0.05, 0) is 25.0 Å². The molecule has 0 aliphatic heterocycles. The van der Waals surface area contributed by atoms with E-state index in [9.17, 15) is 9.59 Å². The Morgan fingerprint density at radius 3 is 2.39 bits per heavy atom. The SMILES string of the molecule is CCOC(=O)c1c(NC(C)c2ccccc2)c2cnn(CC(Cl)c3ccccc3)c2[nH]c1=O. The number of carbonyl (C=O) groups excluding carboxylic acids is 1. The van der Waals surface area contributed by atoms with Crippen molar-refractivity contribution in [2.75, 3.05) is 11.9 Å². The van der Waals surface area contributed by atoms with Crippen molar-refractivity contribution in [3.05, 3.63) is 93.9 Å². The molecule has 2 N–H and O–H groups in total. The van der Waals surface area contributed by atoms with Crippen molar-refractivity contribution in [2.45, 2.75) is 31.8 Å². The molecule has 2 heterocycles. The number of H-pyrrole nitrogens is 1. The fourth-order valence-electron chi connectivity index (χ4n) is 3.77. The van der Waals surface area contributed by atoms with Crippen LogP contribution in [0.2, 0.25) is 0 Å². The van der Waals surface area contributed by atoms with Crippen molar-refractivity contribution in [2.24, 2.45) is 0 Å². The maximum absolute atomic E-state index is 13.0. The average molecular weight is 465 g/mol. The summed E-state index contributed by atoms with van der Waals surface area (Å²) in [6, 6.07) is 19.3. The highest BCUT2D eigenvalue weighted by Crippen LogP contribution is 2.30. The van der Waals surface area contributed by atoms with Crippen molar-refractivity contribution >= 4 is 34.3 Å². The number of aromatic amines is 1. The maximum atomic E-state index is 13.0. The molecule has 0 aliphatic rings. The second-order valence-corrected chi connectivity index (χ2v) is 8.20. The molecule has 0 fully saturated rings. The third-order valence-corrected chi connectivity index (χ3v) is 5.84. The van der Waals surface area contributed by atoms with Gasteiger partial charge in [-0.2, -0.15) is 5.10 Å². The Labute approximate surface area is 196 Å². The Hall–Kier alpha value is -3.58. The fraction of sp³-hybridized carbons (Fsp3) is 0.240. The van der Waals surface area contributed by atoms with Gasteiger partial charge in [0, 0.05) is 6.04 Å². The van der Waals surface area contributed by atoms with Gasteiger partial charge >= 0.3 is 5.97 Å². The summed E-state index contributed by atoms with van der Waals surface area (Å²) in [6.45, 7) is 4.17. The summed E-state index contributed by atoms with van der Waals surface area (Å²) in [4.78, 5) is 28.5. The summed E-state index contributed by atoms with van der Waals surface area (Å²) in [7, 11) is 0. The zero-order valence-corrected chi connectivity index (χ0v) is 19.2. The number of pyridine rings is 1. The molecule has 0 aliphatic carbocycles. The van der Waals surface area contributed by atoms with E-state index in [4.69, 9.17) is 16.3 Å². The summed E-state index contributed by atoms with van der Waals surface area (Å²) < 4.78 is 6.82. The molecule has 33 heavy (non-hydrogen) atoms. The van der Waals surface area contributed by atoms with Crippen molar-refractivity contribution in [1.29, 1.82) is 0 Å². The van der Waals surface area contributed by atoms with E-state index in [0.717, 1.165) is 11.1 Å². The number of carbonyl (C=O) groups is 1. The number of nitrogens with zero attached hydrogens (tertiary/aromatic N) is 2. The van der Waals surface area contributed by atoms with Gasteiger partial charge in [-0.1, -0.05) is 60.7 Å². The van der Waals surface area contributed by atoms with Gasteiger partial charge in [0.1, 0.15) is 11.2 Å². The second-order valence-electron chi connectivity index (χ2n) is 7.67. The Balaban J connectivity index is 1.78. The van der Waals surface area contributed by atoms with Gasteiger partial charge in [-0.25, -0.2) is 9.48 Å². The number of anilines is 1. The lowest BCUT2D eigenvalue weighted by Crippen LogP contribution is -2.24. The molecule has 2 aromatic heterocycles. The minimum atomic E-state index is -0.685. The lowest BCUT2D eigenvalue weighted by atomic mass is 10.1. The van der Waals surface area contributed by atoms with Crippen molar-refractivity contribution < 1.29 is 9.53 Å². The van der Waals surface area contributed by atoms with E-state index in [2.05, 4.69) is 15.4 Å². The third-order valence-electron chi connectivity index (χ3n) is 5.45. The number of hydrogen-bond donors (Lipinski definition) is 2. The molecule has 0 saturated heterocycles. The maximum Gasteiger partial charge on any atom is 0.345 e. The van der Waals surface area contributed by atoms with Crippen LogP contribution in [0.5, 0.6) is 0 Å². The van der Waals surface area contributed by atoms with E-state index in [1.54, 1.807) is 17.8 Å². The predicted octanol–water partition coefficient (Wildman–Crippen LogP) is 5.05. The zero-order valence-electron chi connectivity index (χ0n) is 18.4. The van der Waals surface area contributed by atoms with Gasteiger partial charge in [0.05, 0.1) is 35.8 Å². The van der Waals surface area contributed by atoms with Gasteiger partial charge < -0.3 is 15.0 Å². The van der Waals surface area contributed by atoms with Crippen LogP contribution in [0.25, 0.3) is 11.0 Å². The van der Waals surface area contributed by atoms with E-state index in [0.29, 0.717) is 23.3 Å². The molecule has 0 radical (unpaired) electrons. The highest BCUT2D eigenvalue weighted by Gasteiger charge is 2.24. The molecular formula is C25H25ClN4O3. The van der Waals surface area contributed by atoms with E-state index >= 15 is 0 Å². The highest BCUT2D eigenvalue weighted by atomic mass is 35.5. The van der Waals surface area contributed by atoms with Crippen LogP contribution in [0.4, 0.5) is 5.69 Å². The monoisotopic (exact) mass is 464 g/mol. The summed E-state index contributed by atoms with van der Waals surface area (Å²) in [5.41, 5.74) is 2.22. The number of benzene rings is 2. The number of fused-ring (bicyclic) bond motifs is 1. The summed E-state index contributed by atoms with van der Waals surface area (Å²) in [5.74, 6) is -0.685. The lowest BCUT2D eigenvalue weighted by Gasteiger charge is -2.19. The Morgan fingerprint density at radius 2 is 1.76 bits per heavy atom. The van der Waals surface area contributed by atoms with Crippen molar-refractivity contribution in [3.8, 4) is 0 Å². The summed E-state index contributed by atoms with van der Waals surface area (Å²) in [5, 5.41) is 8.06. The van der Waals surface area contributed by atoms with Crippen LogP contribution in [0.15, 0.2) is 71.7 Å². The molecule has 0 amide bonds. The van der Waals surface area contributed by atoms with E-state index in [-0.39, 0.29) is 23.6 Å². The number of halogens is 1. The first-order chi connectivity index (χ1) is 16.0. The largest absolute Gasteiger partial charge is 0.462 e. The number of hydrogen-bond acceptors (Lipinski definition) is 5. The van der Waals surface area contributed by atoms with Gasteiger partial charge in [0.15, 0.2) is 0 Å².